The molecule has 2 aromatic heterocycles. The number of fused-ring (bicyclic) bond motifs is 5. The number of phenolic OH excluding ortho intramolecular Hbond substituents is 1. The maximum atomic E-state index is 13.2. The van der Waals surface area contributed by atoms with Crippen molar-refractivity contribution in [3.8, 4) is 16.9 Å². The molecule has 0 aliphatic carbocycles. The zero-order valence-electron chi connectivity index (χ0n) is 36.1. The number of aromatic amines is 1. The molecule has 4 aromatic carbocycles. The number of unbranched alkanes of at least 4 members (excludes halogenated alkanes) is 1. The van der Waals surface area contributed by atoms with Crippen LogP contribution in [0.15, 0.2) is 100 Å². The lowest BCUT2D eigenvalue weighted by Gasteiger charge is -2.43. The maximum absolute atomic E-state index is 13.2. The summed E-state index contributed by atoms with van der Waals surface area (Å²) < 4.78 is 19.2. The van der Waals surface area contributed by atoms with Gasteiger partial charge >= 0.3 is 6.09 Å². The van der Waals surface area contributed by atoms with Gasteiger partial charge in [-0.2, -0.15) is 0 Å². The number of pyridine rings is 1. The molecule has 4 N–H and O–H groups in total. The molecule has 0 unspecified atom stereocenters. The van der Waals surface area contributed by atoms with Gasteiger partial charge in [-0.25, -0.2) is 9.78 Å². The SMILES string of the molecule is CC(C)(C)[Si](C)(C)O[C@@H](CNCc1ccc2oc(CCCCc3ccc(-c4ccccc4)c(NC(=O)O[C@H]4CN5CCC4CC5)c3)nc2c1)c1ccc(O)c2[nH]c(=O)ccc12. The summed E-state index contributed by atoms with van der Waals surface area (Å²) in [5, 5.41) is 18.0. The first-order valence-electron chi connectivity index (χ1n) is 21.8. The van der Waals surface area contributed by atoms with Gasteiger partial charge in [0.25, 0.3) is 0 Å². The zero-order valence-corrected chi connectivity index (χ0v) is 37.1. The molecule has 320 valence electrons. The third-order valence-corrected chi connectivity index (χ3v) is 17.5. The largest absolute Gasteiger partial charge is 0.506 e. The van der Waals surface area contributed by atoms with Crippen LogP contribution in [0, 0.1) is 5.92 Å². The standard InChI is InChI=1S/C49H59N5O6Si/c1-49(2,3)61(4,5)60-43(37-18-20-41(55)47-38(37)19-22-45(56)53-47)30-50-29-33-16-21-42-40(28-33)51-46(58-42)14-10-9-11-32-15-17-36(34-12-7-6-8-13-34)39(27-32)52-48(57)59-44-31-54-25-23-35(44)24-26-54/h6-8,12-13,15-22,27-28,35,43-44,50,55H,9-11,14,23-26,29-31H2,1-5H3,(H,52,57)(H,53,56)/t43-,44-/m0/s1. The molecule has 1 amide bonds. The number of phenols is 1. The van der Waals surface area contributed by atoms with E-state index in [2.05, 4.69) is 96.8 Å². The van der Waals surface area contributed by atoms with Crippen molar-refractivity contribution >= 4 is 42.1 Å². The lowest BCUT2D eigenvalue weighted by molar-refractivity contribution is -0.0289. The Kier molecular flexibility index (Phi) is 12.5. The Labute approximate surface area is 359 Å². The number of rotatable bonds is 15. The fourth-order valence-corrected chi connectivity index (χ4v) is 9.79. The first kappa shape index (κ1) is 42.4. The molecule has 0 spiro atoms. The smallest absolute Gasteiger partial charge is 0.411 e. The van der Waals surface area contributed by atoms with Crippen LogP contribution in [0.25, 0.3) is 33.1 Å². The number of hydrogen-bond acceptors (Lipinski definition) is 9. The topological polar surface area (TPSA) is 142 Å². The van der Waals surface area contributed by atoms with Gasteiger partial charge in [0.2, 0.25) is 5.56 Å². The van der Waals surface area contributed by atoms with E-state index >= 15 is 0 Å². The predicted molar refractivity (Wildman–Crippen MR) is 245 cm³/mol. The number of aromatic hydroxyl groups is 1. The van der Waals surface area contributed by atoms with Crippen LogP contribution in [-0.4, -0.2) is 66.7 Å². The van der Waals surface area contributed by atoms with E-state index in [-0.39, 0.29) is 34.6 Å². The quantitative estimate of drug-likeness (QED) is 0.0587. The molecule has 3 aliphatic rings. The van der Waals surface area contributed by atoms with Crippen molar-refractivity contribution in [3.63, 3.8) is 0 Å². The summed E-state index contributed by atoms with van der Waals surface area (Å²) in [6.45, 7) is 15.3. The van der Waals surface area contributed by atoms with Crippen molar-refractivity contribution in [3.05, 3.63) is 124 Å². The van der Waals surface area contributed by atoms with Gasteiger partial charge < -0.3 is 29.0 Å². The number of carbonyl (C=O) groups is 1. The minimum absolute atomic E-state index is 0.0131. The van der Waals surface area contributed by atoms with Crippen molar-refractivity contribution in [2.75, 3.05) is 31.5 Å². The summed E-state index contributed by atoms with van der Waals surface area (Å²) in [7, 11) is -2.21. The number of anilines is 1. The highest BCUT2D eigenvalue weighted by atomic mass is 28.4. The average molecular weight is 842 g/mol. The molecule has 3 saturated heterocycles. The molecule has 0 radical (unpaired) electrons. The van der Waals surface area contributed by atoms with E-state index in [0.717, 1.165) is 114 Å². The number of amides is 1. The molecule has 3 aliphatic heterocycles. The van der Waals surface area contributed by atoms with Crippen molar-refractivity contribution in [1.29, 1.82) is 0 Å². The molecule has 3 fully saturated rings. The van der Waals surface area contributed by atoms with E-state index in [1.54, 1.807) is 12.1 Å². The van der Waals surface area contributed by atoms with E-state index in [0.29, 0.717) is 24.5 Å². The van der Waals surface area contributed by atoms with Gasteiger partial charge in [-0.1, -0.05) is 75.4 Å². The van der Waals surface area contributed by atoms with Crippen molar-refractivity contribution in [1.82, 2.24) is 20.2 Å². The Morgan fingerprint density at radius 1 is 0.967 bits per heavy atom. The second-order valence-electron chi connectivity index (χ2n) is 18.4. The highest BCUT2D eigenvalue weighted by Gasteiger charge is 2.40. The third-order valence-electron chi connectivity index (χ3n) is 13.0. The normalized spacial score (nSPS) is 18.4. The lowest BCUT2D eigenvalue weighted by Crippen LogP contribution is -2.52. The van der Waals surface area contributed by atoms with Gasteiger partial charge in [0.15, 0.2) is 19.8 Å². The molecule has 0 saturated carbocycles. The number of nitrogens with one attached hydrogen (secondary N) is 3. The Hall–Kier alpha value is -5.27. The predicted octanol–water partition coefficient (Wildman–Crippen LogP) is 10.1. The first-order valence-corrected chi connectivity index (χ1v) is 24.7. The van der Waals surface area contributed by atoms with E-state index < -0.39 is 8.32 Å². The van der Waals surface area contributed by atoms with Crippen LogP contribution in [-0.2, 0) is 28.5 Å². The van der Waals surface area contributed by atoms with Crippen LogP contribution < -0.4 is 16.2 Å². The molecule has 12 heteroatoms. The molecular formula is C49H59N5O6Si. The third kappa shape index (κ3) is 9.94. The number of aromatic nitrogens is 2. The van der Waals surface area contributed by atoms with E-state index in [4.69, 9.17) is 18.6 Å². The number of ether oxygens (including phenoxy) is 1. The van der Waals surface area contributed by atoms with Crippen molar-refractivity contribution < 1.29 is 23.5 Å². The van der Waals surface area contributed by atoms with Crippen LogP contribution in [0.4, 0.5) is 10.5 Å². The molecular weight excluding hydrogens is 783 g/mol. The monoisotopic (exact) mass is 841 g/mol. The van der Waals surface area contributed by atoms with Gasteiger partial charge in [-0.15, -0.1) is 0 Å². The molecule has 2 bridgehead atoms. The first-order chi connectivity index (χ1) is 29.3. The van der Waals surface area contributed by atoms with E-state index in [9.17, 15) is 14.7 Å². The summed E-state index contributed by atoms with van der Waals surface area (Å²) in [5.74, 6) is 1.20. The van der Waals surface area contributed by atoms with E-state index in [1.165, 1.54) is 6.07 Å². The second-order valence-corrected chi connectivity index (χ2v) is 23.1. The minimum Gasteiger partial charge on any atom is -0.506 e. The Morgan fingerprint density at radius 2 is 1.74 bits per heavy atom. The average Bonchev–Trinajstić information content (AvgIpc) is 3.65. The van der Waals surface area contributed by atoms with Gasteiger partial charge in [0, 0.05) is 43.1 Å². The number of piperidine rings is 3. The summed E-state index contributed by atoms with van der Waals surface area (Å²) in [6.07, 6.45) is 4.85. The van der Waals surface area contributed by atoms with Crippen LogP contribution in [0.2, 0.25) is 18.1 Å². The molecule has 2 atom stereocenters. The summed E-state index contributed by atoms with van der Waals surface area (Å²) in [4.78, 5) is 35.4. The Bertz CT molecular complexity index is 2540. The fraction of sp³-hybridized carbons (Fsp3) is 0.408. The summed E-state index contributed by atoms with van der Waals surface area (Å²) in [5.41, 5.74) is 7.67. The van der Waals surface area contributed by atoms with Crippen LogP contribution in [0.1, 0.15) is 75.1 Å². The van der Waals surface area contributed by atoms with Crippen molar-refractivity contribution in [2.45, 2.75) is 96.2 Å². The van der Waals surface area contributed by atoms with Gasteiger partial charge in [0.05, 0.1) is 17.3 Å². The summed E-state index contributed by atoms with van der Waals surface area (Å²) in [6, 6.07) is 29.4. The summed E-state index contributed by atoms with van der Waals surface area (Å²) >= 11 is 0. The number of hydrogen-bond donors (Lipinski definition) is 4. The van der Waals surface area contributed by atoms with Gasteiger partial charge in [-0.05, 0) is 122 Å². The molecule has 5 heterocycles. The Balaban J connectivity index is 0.884. The van der Waals surface area contributed by atoms with Crippen LogP contribution in [0.3, 0.4) is 0 Å². The Morgan fingerprint density at radius 3 is 2.49 bits per heavy atom. The number of carbonyl (C=O) groups excluding carboxylic acids is 1. The van der Waals surface area contributed by atoms with Crippen LogP contribution >= 0.6 is 0 Å². The number of oxazole rings is 1. The van der Waals surface area contributed by atoms with Gasteiger partial charge in [-0.3, -0.25) is 15.0 Å². The van der Waals surface area contributed by atoms with Crippen molar-refractivity contribution in [2.24, 2.45) is 5.92 Å². The molecule has 9 rings (SSSR count). The highest BCUT2D eigenvalue weighted by Crippen LogP contribution is 2.41. The van der Waals surface area contributed by atoms with Gasteiger partial charge in [0.1, 0.15) is 17.4 Å². The maximum Gasteiger partial charge on any atom is 0.411 e. The lowest BCUT2D eigenvalue weighted by atomic mass is 9.86. The number of H-pyrrole nitrogens is 1. The van der Waals surface area contributed by atoms with E-state index in [1.807, 2.05) is 30.3 Å². The molecule has 11 nitrogen and oxygen atoms in total. The van der Waals surface area contributed by atoms with Crippen LogP contribution in [0.5, 0.6) is 5.75 Å². The fourth-order valence-electron chi connectivity index (χ4n) is 8.52. The number of aryl methyl sites for hydroxylation is 2. The number of nitrogens with zero attached hydrogens (tertiary/aromatic N) is 2. The highest BCUT2D eigenvalue weighted by molar-refractivity contribution is 6.74. The minimum atomic E-state index is -2.21. The molecule has 61 heavy (non-hydrogen) atoms. The number of benzene rings is 4. The molecule has 6 aromatic rings. The zero-order chi connectivity index (χ0) is 42.7. The second kappa shape index (κ2) is 18.0.